The Morgan fingerprint density at radius 1 is 1.29 bits per heavy atom. The molecule has 0 aromatic carbocycles. The molecule has 0 radical (unpaired) electrons. The maximum atomic E-state index is 5.92. The Hall–Kier alpha value is -0.830. The van der Waals surface area contributed by atoms with Crippen molar-refractivity contribution in [1.82, 2.24) is 9.97 Å². The zero-order valence-electron chi connectivity index (χ0n) is 10.8. The second-order valence-electron chi connectivity index (χ2n) is 5.08. The van der Waals surface area contributed by atoms with Gasteiger partial charge in [0.15, 0.2) is 0 Å². The van der Waals surface area contributed by atoms with Gasteiger partial charge in [-0.2, -0.15) is 0 Å². The highest BCUT2D eigenvalue weighted by Crippen LogP contribution is 2.30. The number of aryl methyl sites for hydroxylation is 1. The number of halogens is 1. The van der Waals surface area contributed by atoms with Gasteiger partial charge in [-0.25, -0.2) is 9.97 Å². The summed E-state index contributed by atoms with van der Waals surface area (Å²) in [4.78, 5) is 10.7. The topological polar surface area (TPSA) is 29.0 Å². The minimum Gasteiger partial charge on any atom is -0.356 e. The van der Waals surface area contributed by atoms with Crippen molar-refractivity contribution in [2.75, 3.05) is 11.9 Å². The van der Waals surface area contributed by atoms with E-state index < -0.39 is 0 Å². The average Bonchev–Trinajstić information content (AvgIpc) is 2.27. The monoisotopic (exact) mass is 253 g/mol. The SMILES string of the molecule is Cc1cc(N(C)C2CCCCC2C)nc(Cl)n1. The summed E-state index contributed by atoms with van der Waals surface area (Å²) in [7, 11) is 2.12. The van der Waals surface area contributed by atoms with Gasteiger partial charge in [0, 0.05) is 24.8 Å². The molecular weight excluding hydrogens is 234 g/mol. The molecule has 1 heterocycles. The minimum atomic E-state index is 0.343. The van der Waals surface area contributed by atoms with Gasteiger partial charge < -0.3 is 4.90 Å². The van der Waals surface area contributed by atoms with Crippen LogP contribution in [0.4, 0.5) is 5.82 Å². The Labute approximate surface area is 108 Å². The largest absolute Gasteiger partial charge is 0.356 e. The van der Waals surface area contributed by atoms with Crippen LogP contribution in [-0.2, 0) is 0 Å². The summed E-state index contributed by atoms with van der Waals surface area (Å²) in [5.41, 5.74) is 0.926. The lowest BCUT2D eigenvalue weighted by atomic mass is 9.85. The third-order valence-electron chi connectivity index (χ3n) is 3.74. The molecule has 0 amide bonds. The number of rotatable bonds is 2. The van der Waals surface area contributed by atoms with Crippen LogP contribution in [0.25, 0.3) is 0 Å². The molecule has 1 aromatic heterocycles. The zero-order valence-corrected chi connectivity index (χ0v) is 11.5. The highest BCUT2D eigenvalue weighted by Gasteiger charge is 2.26. The molecule has 1 aromatic rings. The van der Waals surface area contributed by atoms with Gasteiger partial charge in [-0.15, -0.1) is 0 Å². The standard InChI is InChI=1S/C13H20ClN3/c1-9-6-4-5-7-11(9)17(3)12-8-10(2)15-13(14)16-12/h8-9,11H,4-7H2,1-3H3. The Morgan fingerprint density at radius 3 is 2.65 bits per heavy atom. The van der Waals surface area contributed by atoms with E-state index in [1.54, 1.807) is 0 Å². The van der Waals surface area contributed by atoms with Crippen LogP contribution in [-0.4, -0.2) is 23.1 Å². The molecule has 2 atom stereocenters. The summed E-state index contributed by atoms with van der Waals surface area (Å²) in [6, 6.07) is 2.59. The van der Waals surface area contributed by atoms with Crippen molar-refractivity contribution in [3.63, 3.8) is 0 Å². The van der Waals surface area contributed by atoms with Crippen LogP contribution in [0, 0.1) is 12.8 Å². The Bertz CT molecular complexity index is 374. The van der Waals surface area contributed by atoms with Crippen LogP contribution in [0.5, 0.6) is 0 Å². The highest BCUT2D eigenvalue weighted by molar-refractivity contribution is 6.28. The van der Waals surface area contributed by atoms with Crippen LogP contribution >= 0.6 is 11.6 Å². The van der Waals surface area contributed by atoms with E-state index in [9.17, 15) is 0 Å². The first-order chi connectivity index (χ1) is 8.08. The van der Waals surface area contributed by atoms with E-state index in [1.807, 2.05) is 13.0 Å². The summed E-state index contributed by atoms with van der Waals surface area (Å²) < 4.78 is 0. The van der Waals surface area contributed by atoms with Crippen LogP contribution in [0.2, 0.25) is 5.28 Å². The van der Waals surface area contributed by atoms with Crippen molar-refractivity contribution in [2.45, 2.75) is 45.6 Å². The summed E-state index contributed by atoms with van der Waals surface area (Å²) in [5.74, 6) is 1.67. The quantitative estimate of drug-likeness (QED) is 0.756. The van der Waals surface area contributed by atoms with E-state index >= 15 is 0 Å². The van der Waals surface area contributed by atoms with E-state index in [1.165, 1.54) is 25.7 Å². The van der Waals surface area contributed by atoms with Gasteiger partial charge in [0.05, 0.1) is 0 Å². The van der Waals surface area contributed by atoms with Gasteiger partial charge in [-0.3, -0.25) is 0 Å². The molecule has 0 bridgehead atoms. The van der Waals surface area contributed by atoms with Crippen molar-refractivity contribution in [3.8, 4) is 0 Å². The number of hydrogen-bond donors (Lipinski definition) is 0. The average molecular weight is 254 g/mol. The van der Waals surface area contributed by atoms with Gasteiger partial charge in [0.1, 0.15) is 5.82 Å². The van der Waals surface area contributed by atoms with Gasteiger partial charge >= 0.3 is 0 Å². The Morgan fingerprint density at radius 2 is 2.00 bits per heavy atom. The first-order valence-electron chi connectivity index (χ1n) is 6.32. The summed E-state index contributed by atoms with van der Waals surface area (Å²) in [6.45, 7) is 4.28. The first-order valence-corrected chi connectivity index (χ1v) is 6.69. The van der Waals surface area contributed by atoms with E-state index in [2.05, 4.69) is 28.8 Å². The van der Waals surface area contributed by atoms with E-state index in [0.29, 0.717) is 11.3 Å². The molecule has 0 N–H and O–H groups in total. The molecule has 2 rings (SSSR count). The van der Waals surface area contributed by atoms with Crippen molar-refractivity contribution in [2.24, 2.45) is 5.92 Å². The fourth-order valence-electron chi connectivity index (χ4n) is 2.74. The maximum absolute atomic E-state index is 5.92. The predicted molar refractivity (Wildman–Crippen MR) is 71.6 cm³/mol. The summed E-state index contributed by atoms with van der Waals surface area (Å²) >= 11 is 5.92. The number of aromatic nitrogens is 2. The lowest BCUT2D eigenvalue weighted by Crippen LogP contribution is -2.39. The second-order valence-corrected chi connectivity index (χ2v) is 5.41. The van der Waals surface area contributed by atoms with Gasteiger partial charge in [-0.1, -0.05) is 19.8 Å². The molecule has 1 fully saturated rings. The van der Waals surface area contributed by atoms with Gasteiger partial charge in [0.25, 0.3) is 0 Å². The van der Waals surface area contributed by atoms with E-state index in [4.69, 9.17) is 11.6 Å². The lowest BCUT2D eigenvalue weighted by Gasteiger charge is -2.37. The Balaban J connectivity index is 2.20. The summed E-state index contributed by atoms with van der Waals surface area (Å²) in [5, 5.41) is 0.343. The summed E-state index contributed by atoms with van der Waals surface area (Å²) in [6.07, 6.45) is 5.23. The van der Waals surface area contributed by atoms with Gasteiger partial charge in [-0.05, 0) is 37.3 Å². The normalized spacial score (nSPS) is 24.7. The molecule has 1 aliphatic rings. The van der Waals surface area contributed by atoms with Crippen LogP contribution in [0.1, 0.15) is 38.3 Å². The minimum absolute atomic E-state index is 0.343. The first kappa shape index (κ1) is 12.6. The smallest absolute Gasteiger partial charge is 0.224 e. The third kappa shape index (κ3) is 2.89. The zero-order chi connectivity index (χ0) is 12.4. The van der Waals surface area contributed by atoms with E-state index in [0.717, 1.165) is 17.4 Å². The molecule has 3 nitrogen and oxygen atoms in total. The molecule has 94 valence electrons. The fraction of sp³-hybridized carbons (Fsp3) is 0.692. The molecule has 17 heavy (non-hydrogen) atoms. The maximum Gasteiger partial charge on any atom is 0.224 e. The Kier molecular flexibility index (Phi) is 3.87. The van der Waals surface area contributed by atoms with Crippen molar-refractivity contribution in [3.05, 3.63) is 17.0 Å². The molecule has 2 unspecified atom stereocenters. The van der Waals surface area contributed by atoms with Gasteiger partial charge in [0.2, 0.25) is 5.28 Å². The molecule has 1 saturated carbocycles. The number of anilines is 1. The van der Waals surface area contributed by atoms with Crippen molar-refractivity contribution < 1.29 is 0 Å². The molecule has 0 spiro atoms. The molecule has 4 heteroatoms. The molecule has 1 aliphatic carbocycles. The van der Waals surface area contributed by atoms with Crippen LogP contribution < -0.4 is 4.90 Å². The van der Waals surface area contributed by atoms with Crippen molar-refractivity contribution >= 4 is 17.4 Å². The van der Waals surface area contributed by atoms with Crippen LogP contribution in [0.3, 0.4) is 0 Å². The number of hydrogen-bond acceptors (Lipinski definition) is 3. The molecule has 0 saturated heterocycles. The third-order valence-corrected chi connectivity index (χ3v) is 3.91. The molecular formula is C13H20ClN3. The highest BCUT2D eigenvalue weighted by atomic mass is 35.5. The lowest BCUT2D eigenvalue weighted by molar-refractivity contribution is 0.320. The predicted octanol–water partition coefficient (Wildman–Crippen LogP) is 3.45. The van der Waals surface area contributed by atoms with Crippen molar-refractivity contribution in [1.29, 1.82) is 0 Å². The number of nitrogens with zero attached hydrogens (tertiary/aromatic N) is 3. The molecule has 0 aliphatic heterocycles. The van der Waals surface area contributed by atoms with E-state index in [-0.39, 0.29) is 0 Å². The fourth-order valence-corrected chi connectivity index (χ4v) is 2.96. The second kappa shape index (κ2) is 5.21. The van der Waals surface area contributed by atoms with Crippen LogP contribution in [0.15, 0.2) is 6.07 Å².